The number of ether oxygens (including phenoxy) is 1. The maximum atomic E-state index is 14.2. The lowest BCUT2D eigenvalue weighted by Crippen LogP contribution is -2.43. The van der Waals surface area contributed by atoms with E-state index in [9.17, 15) is 18.8 Å². The predicted octanol–water partition coefficient (Wildman–Crippen LogP) is 5.62. The third-order valence-corrected chi connectivity index (χ3v) is 6.80. The Labute approximate surface area is 225 Å². The van der Waals surface area contributed by atoms with Crippen LogP contribution in [0.4, 0.5) is 20.7 Å². The standard InChI is InChI=1S/C27H23FN6O4S/c1-27(2,17-9-4-5-10-18(17)28)32-26(37)38-21-14-16-22(33-34-25(16)39-21)31-23(35)15-8-3-6-11-19(15)30-24(36)20-12-7-13-29-20/h3-14,29H,1-2H3,(H,30,36)(H,32,37)(H2,31,33,34,35). The van der Waals surface area contributed by atoms with Gasteiger partial charge in [-0.15, -0.1) is 0 Å². The Hall–Kier alpha value is -4.97. The number of halogens is 1. The topological polar surface area (TPSA) is 141 Å². The SMILES string of the molecule is CC(C)(NC(=O)Oc1cc2c(NC(=O)c3ccccc3NC(=O)c3ccc[nH]3)n[nH]c2s1)c1ccccc1F. The molecule has 3 aromatic heterocycles. The molecule has 5 aromatic rings. The molecule has 198 valence electrons. The van der Waals surface area contributed by atoms with Crippen LogP contribution in [0.15, 0.2) is 72.9 Å². The van der Waals surface area contributed by atoms with E-state index in [1.807, 2.05) is 0 Å². The maximum Gasteiger partial charge on any atom is 0.414 e. The number of aromatic nitrogens is 3. The van der Waals surface area contributed by atoms with Crippen LogP contribution in [0.3, 0.4) is 0 Å². The number of H-pyrrole nitrogens is 2. The Balaban J connectivity index is 1.28. The van der Waals surface area contributed by atoms with Crippen LogP contribution < -0.4 is 20.7 Å². The van der Waals surface area contributed by atoms with Gasteiger partial charge in [-0.2, -0.15) is 5.10 Å². The molecule has 39 heavy (non-hydrogen) atoms. The molecule has 0 saturated carbocycles. The molecule has 0 spiro atoms. The van der Waals surface area contributed by atoms with Crippen LogP contribution in [0.25, 0.3) is 10.2 Å². The van der Waals surface area contributed by atoms with Crippen LogP contribution in [-0.2, 0) is 5.54 Å². The highest BCUT2D eigenvalue weighted by Gasteiger charge is 2.27. The first-order chi connectivity index (χ1) is 18.7. The summed E-state index contributed by atoms with van der Waals surface area (Å²) in [5.74, 6) is -1.11. The van der Waals surface area contributed by atoms with E-state index in [0.717, 1.165) is 11.3 Å². The van der Waals surface area contributed by atoms with Gasteiger partial charge in [-0.25, -0.2) is 9.18 Å². The van der Waals surface area contributed by atoms with Crippen molar-refractivity contribution in [1.82, 2.24) is 20.5 Å². The number of anilines is 2. The number of hydrogen-bond acceptors (Lipinski definition) is 6. The van der Waals surface area contributed by atoms with E-state index in [2.05, 4.69) is 31.1 Å². The molecule has 0 aliphatic carbocycles. The summed E-state index contributed by atoms with van der Waals surface area (Å²) in [4.78, 5) is 41.5. The van der Waals surface area contributed by atoms with Crippen molar-refractivity contribution in [2.24, 2.45) is 0 Å². The number of amides is 3. The highest BCUT2D eigenvalue weighted by atomic mass is 32.1. The number of hydrogen-bond donors (Lipinski definition) is 5. The molecular weight excluding hydrogens is 523 g/mol. The largest absolute Gasteiger partial charge is 0.414 e. The van der Waals surface area contributed by atoms with Crippen molar-refractivity contribution in [3.63, 3.8) is 0 Å². The molecule has 2 aromatic carbocycles. The fourth-order valence-corrected chi connectivity index (χ4v) is 4.83. The van der Waals surface area contributed by atoms with E-state index in [4.69, 9.17) is 4.74 Å². The van der Waals surface area contributed by atoms with Crippen molar-refractivity contribution < 1.29 is 23.5 Å². The van der Waals surface area contributed by atoms with E-state index in [1.165, 1.54) is 6.07 Å². The first kappa shape index (κ1) is 25.7. The Kier molecular flexibility index (Phi) is 6.86. The first-order valence-electron chi connectivity index (χ1n) is 11.8. The van der Waals surface area contributed by atoms with Gasteiger partial charge in [-0.05, 0) is 44.2 Å². The van der Waals surface area contributed by atoms with E-state index in [1.54, 1.807) is 80.7 Å². The summed E-state index contributed by atoms with van der Waals surface area (Å²) in [6.45, 7) is 3.34. The van der Waals surface area contributed by atoms with Crippen LogP contribution in [0.1, 0.15) is 40.3 Å². The third kappa shape index (κ3) is 5.50. The minimum Gasteiger partial charge on any atom is -0.399 e. The molecule has 3 heterocycles. The van der Waals surface area contributed by atoms with E-state index in [0.29, 0.717) is 27.2 Å². The predicted molar refractivity (Wildman–Crippen MR) is 146 cm³/mol. The average molecular weight is 547 g/mol. The lowest BCUT2D eigenvalue weighted by Gasteiger charge is -2.26. The van der Waals surface area contributed by atoms with Gasteiger partial charge in [0.15, 0.2) is 10.9 Å². The molecule has 3 amide bonds. The Bertz CT molecular complexity index is 1670. The van der Waals surface area contributed by atoms with Gasteiger partial charge >= 0.3 is 6.09 Å². The zero-order chi connectivity index (χ0) is 27.6. The molecule has 0 unspecified atom stereocenters. The second kappa shape index (κ2) is 10.4. The van der Waals surface area contributed by atoms with Crippen molar-refractivity contribution in [3.05, 3.63) is 95.6 Å². The molecule has 0 saturated heterocycles. The number of nitrogens with zero attached hydrogens (tertiary/aromatic N) is 1. The molecule has 12 heteroatoms. The first-order valence-corrected chi connectivity index (χ1v) is 12.6. The summed E-state index contributed by atoms with van der Waals surface area (Å²) in [5.41, 5.74) is 0.204. The number of carbonyl (C=O) groups excluding carboxylic acids is 3. The van der Waals surface area contributed by atoms with Gasteiger partial charge < -0.3 is 25.7 Å². The van der Waals surface area contributed by atoms with Gasteiger partial charge in [0.25, 0.3) is 11.8 Å². The van der Waals surface area contributed by atoms with Crippen LogP contribution in [0.2, 0.25) is 0 Å². The Morgan fingerprint density at radius 3 is 2.51 bits per heavy atom. The van der Waals surface area contributed by atoms with Crippen LogP contribution in [0.5, 0.6) is 5.06 Å². The van der Waals surface area contributed by atoms with Gasteiger partial charge in [0.2, 0.25) is 0 Å². The highest BCUT2D eigenvalue weighted by molar-refractivity contribution is 7.20. The molecular formula is C27H23FN6O4S. The number of para-hydroxylation sites is 1. The summed E-state index contributed by atoms with van der Waals surface area (Å²) in [7, 11) is 0. The van der Waals surface area contributed by atoms with Crippen molar-refractivity contribution in [1.29, 1.82) is 0 Å². The number of fused-ring (bicyclic) bond motifs is 1. The summed E-state index contributed by atoms with van der Waals surface area (Å²) >= 11 is 1.12. The van der Waals surface area contributed by atoms with Crippen molar-refractivity contribution in [3.8, 4) is 5.06 Å². The molecule has 0 fully saturated rings. The van der Waals surface area contributed by atoms with E-state index in [-0.39, 0.29) is 16.4 Å². The zero-order valence-corrected chi connectivity index (χ0v) is 21.6. The smallest absolute Gasteiger partial charge is 0.399 e. The lowest BCUT2D eigenvalue weighted by molar-refractivity contribution is 0.102. The van der Waals surface area contributed by atoms with E-state index < -0.39 is 29.3 Å². The molecule has 10 nitrogen and oxygen atoms in total. The minimum atomic E-state index is -1.02. The van der Waals surface area contributed by atoms with Crippen molar-refractivity contribution in [2.75, 3.05) is 10.6 Å². The molecule has 0 aliphatic heterocycles. The highest BCUT2D eigenvalue weighted by Crippen LogP contribution is 2.35. The van der Waals surface area contributed by atoms with Gasteiger partial charge in [-0.1, -0.05) is 41.7 Å². The molecule has 5 N–H and O–H groups in total. The van der Waals surface area contributed by atoms with Gasteiger partial charge in [0.1, 0.15) is 16.3 Å². The van der Waals surface area contributed by atoms with Gasteiger partial charge in [-0.3, -0.25) is 14.7 Å². The van der Waals surface area contributed by atoms with Crippen LogP contribution in [0, 0.1) is 5.82 Å². The molecule has 5 rings (SSSR count). The molecule has 0 bridgehead atoms. The number of rotatable bonds is 7. The number of carbonyl (C=O) groups is 3. The summed E-state index contributed by atoms with van der Waals surface area (Å²) < 4.78 is 19.7. The van der Waals surface area contributed by atoms with Crippen LogP contribution >= 0.6 is 11.3 Å². The Morgan fingerprint density at radius 2 is 1.74 bits per heavy atom. The quantitative estimate of drug-likeness (QED) is 0.180. The van der Waals surface area contributed by atoms with Crippen LogP contribution in [-0.4, -0.2) is 33.1 Å². The molecule has 0 atom stereocenters. The maximum absolute atomic E-state index is 14.2. The molecule has 0 radical (unpaired) electrons. The second-order valence-corrected chi connectivity index (χ2v) is 10.1. The number of aromatic amines is 2. The third-order valence-electron chi connectivity index (χ3n) is 5.88. The Morgan fingerprint density at radius 1 is 0.974 bits per heavy atom. The second-order valence-electron chi connectivity index (χ2n) is 9.04. The number of thiophene rings is 1. The fraction of sp³-hybridized carbons (Fsp3) is 0.111. The summed E-state index contributed by atoms with van der Waals surface area (Å²) in [5, 5.41) is 15.8. The normalized spacial score (nSPS) is 11.3. The lowest BCUT2D eigenvalue weighted by atomic mass is 9.94. The van der Waals surface area contributed by atoms with Gasteiger partial charge in [0.05, 0.1) is 22.2 Å². The van der Waals surface area contributed by atoms with Crippen molar-refractivity contribution in [2.45, 2.75) is 19.4 Å². The zero-order valence-electron chi connectivity index (χ0n) is 20.8. The fourth-order valence-electron chi connectivity index (χ4n) is 3.97. The summed E-state index contributed by atoms with van der Waals surface area (Å²) in [6, 6.07) is 17.6. The monoisotopic (exact) mass is 546 g/mol. The molecule has 0 aliphatic rings. The van der Waals surface area contributed by atoms with E-state index >= 15 is 0 Å². The summed E-state index contributed by atoms with van der Waals surface area (Å²) in [6.07, 6.45) is 0.861. The minimum absolute atomic E-state index is 0.221. The number of benzene rings is 2. The van der Waals surface area contributed by atoms with Crippen molar-refractivity contribution >= 4 is 51.0 Å². The van der Waals surface area contributed by atoms with Gasteiger partial charge in [0, 0.05) is 17.8 Å². The number of nitrogens with one attached hydrogen (secondary N) is 5. The average Bonchev–Trinajstić information content (AvgIpc) is 3.63.